The Balaban J connectivity index is 2.21. The van der Waals surface area contributed by atoms with Gasteiger partial charge >= 0.3 is 0 Å². The number of hydrogen-bond donors (Lipinski definition) is 2. The molecule has 14 heavy (non-hydrogen) atoms. The largest absolute Gasteiger partial charge is 0.257 e. The van der Waals surface area contributed by atoms with Crippen molar-refractivity contribution in [2.75, 3.05) is 6.54 Å². The Kier molecular flexibility index (Phi) is 2.61. The third kappa shape index (κ3) is 1.69. The van der Waals surface area contributed by atoms with Crippen molar-refractivity contribution in [3.05, 3.63) is 48.3 Å². The van der Waals surface area contributed by atoms with Crippen LogP contribution in [0.15, 0.2) is 36.9 Å². The zero-order chi connectivity index (χ0) is 9.97. The minimum absolute atomic E-state index is 0.199. The quantitative estimate of drug-likeness (QED) is 0.698. The molecule has 0 spiro atoms. The van der Waals surface area contributed by atoms with E-state index in [2.05, 4.69) is 17.4 Å². The first-order chi connectivity index (χ1) is 6.81. The van der Waals surface area contributed by atoms with E-state index in [0.717, 1.165) is 12.1 Å². The number of benzene rings is 1. The summed E-state index contributed by atoms with van der Waals surface area (Å²) in [4.78, 5) is 0. The Morgan fingerprint density at radius 1 is 1.36 bits per heavy atom. The van der Waals surface area contributed by atoms with E-state index >= 15 is 0 Å². The summed E-state index contributed by atoms with van der Waals surface area (Å²) in [6.07, 6.45) is 1.92. The van der Waals surface area contributed by atoms with Crippen molar-refractivity contribution in [3.8, 4) is 0 Å². The molecule has 3 heteroatoms. The van der Waals surface area contributed by atoms with Crippen LogP contribution in [0.5, 0.6) is 0 Å². The van der Waals surface area contributed by atoms with Crippen LogP contribution in [0.3, 0.4) is 0 Å². The standard InChI is InChI=1S/C11H13FN2/c1-2-8-7-13-14-11(8)9-3-5-10(12)6-4-9/h2-6,8,11,13-14H,1,7H2. The fourth-order valence-corrected chi connectivity index (χ4v) is 1.73. The average Bonchev–Trinajstić information content (AvgIpc) is 2.67. The molecule has 1 fully saturated rings. The molecule has 0 saturated carbocycles. The molecule has 1 aromatic carbocycles. The number of nitrogens with one attached hydrogen (secondary N) is 2. The lowest BCUT2D eigenvalue weighted by atomic mass is 9.95. The number of halogens is 1. The van der Waals surface area contributed by atoms with Crippen LogP contribution in [0.4, 0.5) is 4.39 Å². The molecule has 2 rings (SSSR count). The molecular formula is C11H13FN2. The van der Waals surface area contributed by atoms with Crippen LogP contribution in [-0.4, -0.2) is 6.54 Å². The van der Waals surface area contributed by atoms with E-state index in [0.29, 0.717) is 5.92 Å². The van der Waals surface area contributed by atoms with Gasteiger partial charge in [-0.05, 0) is 17.7 Å². The summed E-state index contributed by atoms with van der Waals surface area (Å²) in [5.74, 6) is 0.162. The molecule has 1 heterocycles. The molecule has 2 unspecified atom stereocenters. The van der Waals surface area contributed by atoms with Gasteiger partial charge in [0.1, 0.15) is 5.82 Å². The molecule has 0 aliphatic carbocycles. The van der Waals surface area contributed by atoms with Gasteiger partial charge in [0.15, 0.2) is 0 Å². The van der Waals surface area contributed by atoms with Gasteiger partial charge in [-0.25, -0.2) is 9.82 Å². The summed E-state index contributed by atoms with van der Waals surface area (Å²) in [6.45, 7) is 4.65. The summed E-state index contributed by atoms with van der Waals surface area (Å²) in [7, 11) is 0. The summed E-state index contributed by atoms with van der Waals surface area (Å²) >= 11 is 0. The predicted molar refractivity (Wildman–Crippen MR) is 54.0 cm³/mol. The van der Waals surface area contributed by atoms with E-state index in [9.17, 15) is 4.39 Å². The van der Waals surface area contributed by atoms with Gasteiger partial charge in [0.25, 0.3) is 0 Å². The summed E-state index contributed by atoms with van der Waals surface area (Å²) in [5, 5.41) is 0. The minimum atomic E-state index is -0.199. The Morgan fingerprint density at radius 3 is 2.71 bits per heavy atom. The second-order valence-electron chi connectivity index (χ2n) is 3.45. The highest BCUT2D eigenvalue weighted by molar-refractivity contribution is 5.22. The molecule has 0 amide bonds. The summed E-state index contributed by atoms with van der Waals surface area (Å²) < 4.78 is 12.7. The Hall–Kier alpha value is -1.19. The maximum absolute atomic E-state index is 12.7. The minimum Gasteiger partial charge on any atom is -0.257 e. The highest BCUT2D eigenvalue weighted by Gasteiger charge is 2.25. The van der Waals surface area contributed by atoms with E-state index in [4.69, 9.17) is 0 Å². The van der Waals surface area contributed by atoms with Crippen molar-refractivity contribution >= 4 is 0 Å². The van der Waals surface area contributed by atoms with Gasteiger partial charge in [-0.15, -0.1) is 6.58 Å². The summed E-state index contributed by atoms with van der Waals surface area (Å²) in [6, 6.07) is 6.77. The number of hydrogen-bond acceptors (Lipinski definition) is 2. The van der Waals surface area contributed by atoms with Crippen LogP contribution in [0.25, 0.3) is 0 Å². The van der Waals surface area contributed by atoms with E-state index in [1.807, 2.05) is 6.08 Å². The lowest BCUT2D eigenvalue weighted by Gasteiger charge is -2.15. The average molecular weight is 192 g/mol. The van der Waals surface area contributed by atoms with E-state index in [1.165, 1.54) is 12.1 Å². The lowest BCUT2D eigenvalue weighted by molar-refractivity contribution is 0.538. The first-order valence-corrected chi connectivity index (χ1v) is 4.67. The number of hydrazine groups is 1. The van der Waals surface area contributed by atoms with Gasteiger partial charge in [0.05, 0.1) is 6.04 Å². The van der Waals surface area contributed by atoms with Crippen LogP contribution >= 0.6 is 0 Å². The topological polar surface area (TPSA) is 24.1 Å². The molecule has 1 saturated heterocycles. The van der Waals surface area contributed by atoms with E-state index in [1.54, 1.807) is 12.1 Å². The molecule has 0 bridgehead atoms. The first kappa shape index (κ1) is 9.37. The van der Waals surface area contributed by atoms with E-state index < -0.39 is 0 Å². The first-order valence-electron chi connectivity index (χ1n) is 4.67. The Bertz CT molecular complexity index is 321. The molecule has 0 aromatic heterocycles. The van der Waals surface area contributed by atoms with Crippen molar-refractivity contribution in [2.45, 2.75) is 6.04 Å². The van der Waals surface area contributed by atoms with Crippen molar-refractivity contribution in [1.82, 2.24) is 10.9 Å². The van der Waals surface area contributed by atoms with Crippen LogP contribution in [0.2, 0.25) is 0 Å². The van der Waals surface area contributed by atoms with Crippen molar-refractivity contribution in [1.29, 1.82) is 0 Å². The molecule has 1 aliphatic rings. The molecule has 2 atom stereocenters. The highest BCUT2D eigenvalue weighted by Crippen LogP contribution is 2.25. The smallest absolute Gasteiger partial charge is 0.123 e. The van der Waals surface area contributed by atoms with Gasteiger partial charge in [0, 0.05) is 12.5 Å². The van der Waals surface area contributed by atoms with Gasteiger partial charge in [-0.2, -0.15) is 0 Å². The molecule has 1 aliphatic heterocycles. The maximum atomic E-state index is 12.7. The normalized spacial score (nSPS) is 26.4. The fraction of sp³-hybridized carbons (Fsp3) is 0.273. The van der Waals surface area contributed by atoms with Gasteiger partial charge in [-0.1, -0.05) is 18.2 Å². The maximum Gasteiger partial charge on any atom is 0.123 e. The fourth-order valence-electron chi connectivity index (χ4n) is 1.73. The van der Waals surface area contributed by atoms with Gasteiger partial charge < -0.3 is 0 Å². The molecule has 2 nitrogen and oxygen atoms in total. The zero-order valence-corrected chi connectivity index (χ0v) is 7.83. The number of rotatable bonds is 2. The summed E-state index contributed by atoms with van der Waals surface area (Å²) in [5.41, 5.74) is 7.31. The van der Waals surface area contributed by atoms with Crippen LogP contribution in [-0.2, 0) is 0 Å². The molecular weight excluding hydrogens is 179 g/mol. The Labute approximate surface area is 82.8 Å². The monoisotopic (exact) mass is 192 g/mol. The SMILES string of the molecule is C=CC1CNNC1c1ccc(F)cc1. The van der Waals surface area contributed by atoms with Crippen molar-refractivity contribution < 1.29 is 4.39 Å². The van der Waals surface area contributed by atoms with Crippen LogP contribution in [0, 0.1) is 11.7 Å². The van der Waals surface area contributed by atoms with Crippen LogP contribution in [0.1, 0.15) is 11.6 Å². The predicted octanol–water partition coefficient (Wildman–Crippen LogP) is 1.78. The van der Waals surface area contributed by atoms with Gasteiger partial charge in [-0.3, -0.25) is 5.43 Å². The molecule has 1 aromatic rings. The third-order valence-corrected chi connectivity index (χ3v) is 2.56. The second-order valence-corrected chi connectivity index (χ2v) is 3.45. The zero-order valence-electron chi connectivity index (χ0n) is 7.83. The molecule has 2 N–H and O–H groups in total. The highest BCUT2D eigenvalue weighted by atomic mass is 19.1. The molecule has 74 valence electrons. The molecule has 0 radical (unpaired) electrons. The second kappa shape index (κ2) is 3.90. The van der Waals surface area contributed by atoms with Crippen molar-refractivity contribution in [3.63, 3.8) is 0 Å². The Morgan fingerprint density at radius 2 is 2.07 bits per heavy atom. The third-order valence-electron chi connectivity index (χ3n) is 2.56. The van der Waals surface area contributed by atoms with Crippen LogP contribution < -0.4 is 10.9 Å². The van der Waals surface area contributed by atoms with Crippen molar-refractivity contribution in [2.24, 2.45) is 5.92 Å². The lowest BCUT2D eigenvalue weighted by Crippen LogP contribution is -2.24. The van der Waals surface area contributed by atoms with E-state index in [-0.39, 0.29) is 11.9 Å². The van der Waals surface area contributed by atoms with Gasteiger partial charge in [0.2, 0.25) is 0 Å².